The second-order valence-corrected chi connectivity index (χ2v) is 6.69. The van der Waals surface area contributed by atoms with E-state index < -0.39 is 0 Å². The smallest absolute Gasteiger partial charge is 0.0354 e. The van der Waals surface area contributed by atoms with Gasteiger partial charge in [0.05, 0.1) is 0 Å². The van der Waals surface area contributed by atoms with E-state index >= 15 is 0 Å². The van der Waals surface area contributed by atoms with E-state index in [9.17, 15) is 0 Å². The van der Waals surface area contributed by atoms with E-state index in [2.05, 4.69) is 48.5 Å². The van der Waals surface area contributed by atoms with Crippen LogP contribution in [0.1, 0.15) is 74.1 Å². The van der Waals surface area contributed by atoms with Crippen molar-refractivity contribution in [3.05, 3.63) is 0 Å². The lowest BCUT2D eigenvalue weighted by Crippen LogP contribution is -2.26. The van der Waals surface area contributed by atoms with Gasteiger partial charge >= 0.3 is 0 Å². The van der Waals surface area contributed by atoms with Gasteiger partial charge in [-0.15, -0.1) is 0 Å². The third kappa shape index (κ3) is 6.22. The molecule has 0 saturated carbocycles. The molecule has 0 aliphatic heterocycles. The van der Waals surface area contributed by atoms with Gasteiger partial charge in [0.1, 0.15) is 0 Å². The maximum absolute atomic E-state index is 2.45. The first-order chi connectivity index (χ1) is 6.79. The lowest BCUT2D eigenvalue weighted by Gasteiger charge is -2.35. The first-order valence-electron chi connectivity index (χ1n) is 6.79. The highest BCUT2D eigenvalue weighted by atomic mass is 14.3. The topological polar surface area (TPSA) is 0 Å². The summed E-state index contributed by atoms with van der Waals surface area (Å²) in [6.45, 7) is 16.6. The van der Waals surface area contributed by atoms with Gasteiger partial charge in [-0.3, -0.25) is 0 Å². The van der Waals surface area contributed by atoms with E-state index in [1.165, 1.54) is 25.7 Å². The molecule has 0 aliphatic carbocycles. The van der Waals surface area contributed by atoms with Gasteiger partial charge in [0.15, 0.2) is 0 Å². The SMILES string of the molecule is CCCCC(CC(C)C)C(C)C(C)(C)C. The van der Waals surface area contributed by atoms with E-state index in [4.69, 9.17) is 0 Å². The van der Waals surface area contributed by atoms with Gasteiger partial charge in [-0.1, -0.05) is 67.7 Å². The maximum atomic E-state index is 2.45. The molecule has 0 bridgehead atoms. The minimum absolute atomic E-state index is 0.466. The Kier molecular flexibility index (Phi) is 6.55. The zero-order chi connectivity index (χ0) is 12.1. The molecule has 0 radical (unpaired) electrons. The number of hydrogen-bond donors (Lipinski definition) is 0. The summed E-state index contributed by atoms with van der Waals surface area (Å²) in [7, 11) is 0. The van der Waals surface area contributed by atoms with Crippen molar-refractivity contribution < 1.29 is 0 Å². The van der Waals surface area contributed by atoms with E-state index in [-0.39, 0.29) is 0 Å². The Morgan fingerprint density at radius 3 is 1.87 bits per heavy atom. The quantitative estimate of drug-likeness (QED) is 0.543. The van der Waals surface area contributed by atoms with Crippen LogP contribution in [0.15, 0.2) is 0 Å². The van der Waals surface area contributed by atoms with Crippen LogP contribution < -0.4 is 0 Å². The van der Waals surface area contributed by atoms with E-state index in [1.54, 1.807) is 0 Å². The van der Waals surface area contributed by atoms with E-state index in [0.29, 0.717) is 5.41 Å². The van der Waals surface area contributed by atoms with Gasteiger partial charge in [0, 0.05) is 0 Å². The van der Waals surface area contributed by atoms with Crippen LogP contribution in [0, 0.1) is 23.2 Å². The van der Waals surface area contributed by atoms with Crippen LogP contribution >= 0.6 is 0 Å². The Morgan fingerprint density at radius 1 is 1.00 bits per heavy atom. The van der Waals surface area contributed by atoms with Crippen LogP contribution in [-0.4, -0.2) is 0 Å². The van der Waals surface area contributed by atoms with Crippen molar-refractivity contribution in [3.63, 3.8) is 0 Å². The molecule has 0 heterocycles. The summed E-state index contributed by atoms with van der Waals surface area (Å²) >= 11 is 0. The third-order valence-corrected chi connectivity index (χ3v) is 3.78. The highest BCUT2D eigenvalue weighted by molar-refractivity contribution is 4.78. The second kappa shape index (κ2) is 6.55. The van der Waals surface area contributed by atoms with Crippen LogP contribution in [0.25, 0.3) is 0 Å². The second-order valence-electron chi connectivity index (χ2n) is 6.69. The number of unbranched alkanes of at least 4 members (excludes halogenated alkanes) is 1. The molecule has 0 nitrogen and oxygen atoms in total. The molecule has 2 unspecified atom stereocenters. The fourth-order valence-electron chi connectivity index (χ4n) is 2.35. The van der Waals surface area contributed by atoms with Crippen LogP contribution in [0.3, 0.4) is 0 Å². The first kappa shape index (κ1) is 15.0. The Bertz CT molecular complexity index is 150. The maximum Gasteiger partial charge on any atom is -0.0354 e. The molecule has 2 atom stereocenters. The number of hydrogen-bond acceptors (Lipinski definition) is 0. The van der Waals surface area contributed by atoms with Crippen molar-refractivity contribution in [1.82, 2.24) is 0 Å². The molecular weight excluding hydrogens is 180 g/mol. The van der Waals surface area contributed by atoms with Crippen molar-refractivity contribution >= 4 is 0 Å². The Labute approximate surface area is 97.8 Å². The molecule has 0 aromatic heterocycles. The van der Waals surface area contributed by atoms with Crippen LogP contribution in [-0.2, 0) is 0 Å². The minimum Gasteiger partial charge on any atom is -0.0654 e. The molecule has 15 heavy (non-hydrogen) atoms. The normalized spacial score (nSPS) is 16.8. The van der Waals surface area contributed by atoms with Crippen LogP contribution in [0.5, 0.6) is 0 Å². The molecule has 0 fully saturated rings. The Morgan fingerprint density at radius 2 is 1.53 bits per heavy atom. The molecule has 0 saturated heterocycles. The molecule has 0 spiro atoms. The van der Waals surface area contributed by atoms with Gasteiger partial charge in [-0.2, -0.15) is 0 Å². The molecule has 0 N–H and O–H groups in total. The third-order valence-electron chi connectivity index (χ3n) is 3.78. The molecule has 0 aromatic carbocycles. The standard InChI is InChI=1S/C15H32/c1-8-9-10-14(11-12(2)3)13(4)15(5,6)7/h12-14H,8-11H2,1-7H3. The average Bonchev–Trinajstić information content (AvgIpc) is 2.09. The van der Waals surface area contributed by atoms with Gasteiger partial charge < -0.3 is 0 Å². The molecule has 0 aliphatic rings. The predicted molar refractivity (Wildman–Crippen MR) is 71.1 cm³/mol. The average molecular weight is 212 g/mol. The summed E-state index contributed by atoms with van der Waals surface area (Å²) in [6.07, 6.45) is 5.56. The van der Waals surface area contributed by atoms with Gasteiger partial charge in [-0.25, -0.2) is 0 Å². The Balaban J connectivity index is 4.33. The molecule has 0 heteroatoms. The van der Waals surface area contributed by atoms with Crippen LogP contribution in [0.4, 0.5) is 0 Å². The lowest BCUT2D eigenvalue weighted by atomic mass is 9.70. The molecule has 92 valence electrons. The van der Waals surface area contributed by atoms with Crippen molar-refractivity contribution in [2.75, 3.05) is 0 Å². The summed E-state index contributed by atoms with van der Waals surface area (Å²) in [6, 6.07) is 0. The zero-order valence-corrected chi connectivity index (χ0v) is 12.1. The highest BCUT2D eigenvalue weighted by Gasteiger charge is 2.28. The highest BCUT2D eigenvalue weighted by Crippen LogP contribution is 2.37. The van der Waals surface area contributed by atoms with Crippen molar-refractivity contribution in [2.24, 2.45) is 23.2 Å². The summed E-state index contributed by atoms with van der Waals surface area (Å²) < 4.78 is 0. The summed E-state index contributed by atoms with van der Waals surface area (Å²) in [5, 5.41) is 0. The molecule has 0 aromatic rings. The monoisotopic (exact) mass is 212 g/mol. The fourth-order valence-corrected chi connectivity index (χ4v) is 2.35. The zero-order valence-electron chi connectivity index (χ0n) is 12.1. The van der Waals surface area contributed by atoms with Crippen molar-refractivity contribution in [3.8, 4) is 0 Å². The summed E-state index contributed by atoms with van der Waals surface area (Å²) in [5.41, 5.74) is 0.466. The molecule has 0 amide bonds. The van der Waals surface area contributed by atoms with E-state index in [1.807, 2.05) is 0 Å². The van der Waals surface area contributed by atoms with Crippen molar-refractivity contribution in [1.29, 1.82) is 0 Å². The van der Waals surface area contributed by atoms with Gasteiger partial charge in [0.2, 0.25) is 0 Å². The predicted octanol–water partition coefficient (Wildman–Crippen LogP) is 5.52. The molecular formula is C15H32. The summed E-state index contributed by atoms with van der Waals surface area (Å²) in [4.78, 5) is 0. The number of rotatable bonds is 6. The van der Waals surface area contributed by atoms with Gasteiger partial charge in [0.25, 0.3) is 0 Å². The Hall–Kier alpha value is 0. The fraction of sp³-hybridized carbons (Fsp3) is 1.00. The lowest BCUT2D eigenvalue weighted by molar-refractivity contribution is 0.146. The van der Waals surface area contributed by atoms with Crippen LogP contribution in [0.2, 0.25) is 0 Å². The van der Waals surface area contributed by atoms with Crippen molar-refractivity contribution in [2.45, 2.75) is 74.1 Å². The van der Waals surface area contributed by atoms with Gasteiger partial charge in [-0.05, 0) is 29.6 Å². The van der Waals surface area contributed by atoms with E-state index in [0.717, 1.165) is 17.8 Å². The summed E-state index contributed by atoms with van der Waals surface area (Å²) in [5.74, 6) is 2.60. The first-order valence-corrected chi connectivity index (χ1v) is 6.79. The largest absolute Gasteiger partial charge is 0.0654 e. The molecule has 0 rings (SSSR count). The minimum atomic E-state index is 0.466.